The van der Waals surface area contributed by atoms with Crippen molar-refractivity contribution in [3.05, 3.63) is 42.0 Å². The second kappa shape index (κ2) is 5.85. The Bertz CT molecular complexity index is 590. The first-order chi connectivity index (χ1) is 9.13. The van der Waals surface area contributed by atoms with Crippen molar-refractivity contribution in [3.63, 3.8) is 0 Å². The van der Waals surface area contributed by atoms with Crippen molar-refractivity contribution < 1.29 is 14.6 Å². The van der Waals surface area contributed by atoms with Crippen molar-refractivity contribution in [2.75, 3.05) is 7.11 Å². The number of hydrogen-bond acceptors (Lipinski definition) is 3. The Morgan fingerprint density at radius 3 is 2.58 bits per heavy atom. The molecule has 0 saturated heterocycles. The molecule has 2 rings (SSSR count). The summed E-state index contributed by atoms with van der Waals surface area (Å²) in [5, 5.41) is 12.1. The molecule has 2 aromatic carbocycles. The fourth-order valence-electron chi connectivity index (χ4n) is 2.05. The summed E-state index contributed by atoms with van der Waals surface area (Å²) < 4.78 is 5.17. The van der Waals surface area contributed by atoms with Crippen LogP contribution in [0, 0.1) is 0 Å². The van der Waals surface area contributed by atoms with Crippen molar-refractivity contribution in [2.24, 2.45) is 0 Å². The summed E-state index contributed by atoms with van der Waals surface area (Å²) in [7, 11) is 1.63. The molecule has 0 aromatic heterocycles. The van der Waals surface area contributed by atoms with Gasteiger partial charge in [-0.2, -0.15) is 0 Å². The Labute approximate surface area is 112 Å². The number of Topliss-reactive ketones (excluding diaryl/α,β-unsaturated/α-hetero) is 1. The predicted octanol–water partition coefficient (Wildman–Crippen LogP) is 3.25. The van der Waals surface area contributed by atoms with Gasteiger partial charge in [-0.15, -0.1) is 0 Å². The van der Waals surface area contributed by atoms with Crippen LogP contribution in [0.15, 0.2) is 36.4 Å². The molecule has 1 unspecified atom stereocenters. The van der Waals surface area contributed by atoms with Gasteiger partial charge in [0.25, 0.3) is 0 Å². The number of ether oxygens (including phenoxy) is 1. The van der Waals surface area contributed by atoms with E-state index in [1.807, 2.05) is 43.3 Å². The van der Waals surface area contributed by atoms with E-state index in [0.717, 1.165) is 22.1 Å². The highest BCUT2D eigenvalue weighted by atomic mass is 16.5. The molecular weight excluding hydrogens is 240 g/mol. The smallest absolute Gasteiger partial charge is 0.135 e. The zero-order chi connectivity index (χ0) is 13.8. The molecule has 1 atom stereocenters. The van der Waals surface area contributed by atoms with Gasteiger partial charge in [0.05, 0.1) is 13.2 Å². The van der Waals surface area contributed by atoms with Gasteiger partial charge in [-0.25, -0.2) is 0 Å². The zero-order valence-corrected chi connectivity index (χ0v) is 11.2. The average Bonchev–Trinajstić information content (AvgIpc) is 2.45. The highest BCUT2D eigenvalue weighted by Crippen LogP contribution is 2.25. The molecule has 100 valence electrons. The topological polar surface area (TPSA) is 46.5 Å². The van der Waals surface area contributed by atoms with Crippen LogP contribution in [-0.2, 0) is 4.79 Å². The van der Waals surface area contributed by atoms with Crippen LogP contribution in [0.2, 0.25) is 0 Å². The van der Waals surface area contributed by atoms with E-state index in [1.165, 1.54) is 0 Å². The van der Waals surface area contributed by atoms with Crippen molar-refractivity contribution in [1.29, 1.82) is 0 Å². The lowest BCUT2D eigenvalue weighted by molar-refractivity contribution is -0.120. The molecule has 0 amide bonds. The maximum Gasteiger partial charge on any atom is 0.135 e. The molecule has 0 bridgehead atoms. The lowest BCUT2D eigenvalue weighted by Gasteiger charge is -2.11. The van der Waals surface area contributed by atoms with E-state index in [-0.39, 0.29) is 12.2 Å². The number of hydrogen-bond donors (Lipinski definition) is 1. The molecule has 3 nitrogen and oxygen atoms in total. The number of rotatable bonds is 5. The summed E-state index contributed by atoms with van der Waals surface area (Å²) in [6.45, 7) is 1.81. The predicted molar refractivity (Wildman–Crippen MR) is 75.4 cm³/mol. The maximum atomic E-state index is 11.4. The summed E-state index contributed by atoms with van der Waals surface area (Å²) in [6, 6.07) is 11.5. The van der Waals surface area contributed by atoms with E-state index < -0.39 is 6.10 Å². The van der Waals surface area contributed by atoms with Gasteiger partial charge in [-0.3, -0.25) is 4.79 Å². The SMILES string of the molecule is CCC(=O)CC(O)c1ccc2cc(OC)ccc2c1. The highest BCUT2D eigenvalue weighted by Gasteiger charge is 2.12. The minimum Gasteiger partial charge on any atom is -0.497 e. The van der Waals surface area contributed by atoms with Gasteiger partial charge >= 0.3 is 0 Å². The van der Waals surface area contributed by atoms with Crippen LogP contribution in [-0.4, -0.2) is 18.0 Å². The molecule has 0 aliphatic heterocycles. The summed E-state index contributed by atoms with van der Waals surface area (Å²) in [6.07, 6.45) is -0.0843. The Kier molecular flexibility index (Phi) is 4.17. The van der Waals surface area contributed by atoms with E-state index in [9.17, 15) is 9.90 Å². The summed E-state index contributed by atoms with van der Waals surface area (Å²) in [4.78, 5) is 11.4. The van der Waals surface area contributed by atoms with Gasteiger partial charge in [0.1, 0.15) is 11.5 Å². The number of fused-ring (bicyclic) bond motifs is 1. The minimum atomic E-state index is -0.723. The van der Waals surface area contributed by atoms with E-state index in [4.69, 9.17) is 4.74 Å². The highest BCUT2D eigenvalue weighted by molar-refractivity contribution is 5.85. The Morgan fingerprint density at radius 2 is 1.89 bits per heavy atom. The zero-order valence-electron chi connectivity index (χ0n) is 11.2. The van der Waals surface area contributed by atoms with Crippen LogP contribution in [0.25, 0.3) is 10.8 Å². The normalized spacial score (nSPS) is 12.4. The molecule has 0 fully saturated rings. The molecule has 0 aliphatic carbocycles. The third-order valence-electron chi connectivity index (χ3n) is 3.27. The Morgan fingerprint density at radius 1 is 1.21 bits per heavy atom. The minimum absolute atomic E-state index is 0.0716. The molecule has 0 radical (unpaired) electrons. The molecule has 2 aromatic rings. The van der Waals surface area contributed by atoms with Crippen LogP contribution in [0.1, 0.15) is 31.4 Å². The third kappa shape index (κ3) is 3.12. The summed E-state index contributed by atoms with van der Waals surface area (Å²) in [5.74, 6) is 0.879. The van der Waals surface area contributed by atoms with Crippen LogP contribution in [0.3, 0.4) is 0 Å². The molecule has 0 saturated carbocycles. The van der Waals surface area contributed by atoms with E-state index in [2.05, 4.69) is 0 Å². The van der Waals surface area contributed by atoms with Crippen molar-refractivity contribution in [3.8, 4) is 5.75 Å². The third-order valence-corrected chi connectivity index (χ3v) is 3.27. The van der Waals surface area contributed by atoms with Gasteiger partial charge in [-0.05, 0) is 34.5 Å². The second-order valence-corrected chi connectivity index (χ2v) is 4.58. The number of methoxy groups -OCH3 is 1. The van der Waals surface area contributed by atoms with Gasteiger partial charge in [0, 0.05) is 12.8 Å². The molecule has 0 heterocycles. The fraction of sp³-hybridized carbons (Fsp3) is 0.312. The second-order valence-electron chi connectivity index (χ2n) is 4.58. The van der Waals surface area contributed by atoms with Crippen LogP contribution in [0.4, 0.5) is 0 Å². The number of aliphatic hydroxyl groups is 1. The number of carbonyl (C=O) groups excluding carboxylic acids is 1. The number of benzene rings is 2. The monoisotopic (exact) mass is 258 g/mol. The lowest BCUT2D eigenvalue weighted by atomic mass is 9.99. The quantitative estimate of drug-likeness (QED) is 0.895. The van der Waals surface area contributed by atoms with Crippen molar-refractivity contribution >= 4 is 16.6 Å². The van der Waals surface area contributed by atoms with Gasteiger partial charge in [-0.1, -0.05) is 25.1 Å². The average molecular weight is 258 g/mol. The van der Waals surface area contributed by atoms with Crippen LogP contribution in [0.5, 0.6) is 5.75 Å². The standard InChI is InChI=1S/C16H18O3/c1-3-14(17)10-16(18)13-5-4-12-9-15(19-2)7-6-11(12)8-13/h4-9,16,18H,3,10H2,1-2H3. The van der Waals surface area contributed by atoms with Crippen molar-refractivity contribution in [2.45, 2.75) is 25.9 Å². The fourth-order valence-corrected chi connectivity index (χ4v) is 2.05. The van der Waals surface area contributed by atoms with Crippen molar-refractivity contribution in [1.82, 2.24) is 0 Å². The van der Waals surface area contributed by atoms with E-state index >= 15 is 0 Å². The number of ketones is 1. The first kappa shape index (κ1) is 13.6. The van der Waals surface area contributed by atoms with E-state index in [1.54, 1.807) is 7.11 Å². The molecule has 1 N–H and O–H groups in total. The maximum absolute atomic E-state index is 11.4. The molecular formula is C16H18O3. The molecule has 0 spiro atoms. The summed E-state index contributed by atoms with van der Waals surface area (Å²) in [5.41, 5.74) is 0.777. The first-order valence-corrected chi connectivity index (χ1v) is 6.41. The van der Waals surface area contributed by atoms with Gasteiger partial charge in [0.15, 0.2) is 0 Å². The van der Waals surface area contributed by atoms with Gasteiger partial charge < -0.3 is 9.84 Å². The number of aliphatic hydroxyl groups excluding tert-OH is 1. The van der Waals surface area contributed by atoms with Gasteiger partial charge in [0.2, 0.25) is 0 Å². The summed E-state index contributed by atoms with van der Waals surface area (Å²) >= 11 is 0. The largest absolute Gasteiger partial charge is 0.497 e. The molecule has 3 heteroatoms. The number of carbonyl (C=O) groups is 1. The molecule has 0 aliphatic rings. The molecule has 19 heavy (non-hydrogen) atoms. The Hall–Kier alpha value is -1.87. The van der Waals surface area contributed by atoms with E-state index in [0.29, 0.717) is 6.42 Å². The van der Waals surface area contributed by atoms with Crippen LogP contribution < -0.4 is 4.74 Å². The van der Waals surface area contributed by atoms with Crippen LogP contribution >= 0.6 is 0 Å². The first-order valence-electron chi connectivity index (χ1n) is 6.41. The Balaban J connectivity index is 2.28. The lowest BCUT2D eigenvalue weighted by Crippen LogP contribution is -2.05.